The van der Waals surface area contributed by atoms with Gasteiger partial charge in [-0.15, -0.1) is 0 Å². The minimum Gasteiger partial charge on any atom is -0.372 e. The van der Waals surface area contributed by atoms with Crippen molar-refractivity contribution in [1.82, 2.24) is 45.6 Å². The number of rotatable bonds is 10. The monoisotopic (exact) mass is 854 g/mol. The third kappa shape index (κ3) is 8.96. The van der Waals surface area contributed by atoms with Crippen LogP contribution in [0.3, 0.4) is 0 Å². The Morgan fingerprint density at radius 3 is 2.32 bits per heavy atom. The molecule has 3 N–H and O–H groups in total. The number of amides is 4. The first kappa shape index (κ1) is 41.6. The van der Waals surface area contributed by atoms with Crippen LogP contribution in [0.25, 0.3) is 33.5 Å². The Bertz CT molecular complexity index is 2620. The molecule has 3 saturated heterocycles. The van der Waals surface area contributed by atoms with E-state index in [1.165, 1.54) is 12.4 Å². The molecule has 9 rings (SSSR count). The minimum atomic E-state index is -0.659. The smallest absolute Gasteiger partial charge is 0.328 e. The molecule has 3 aliphatic heterocycles. The van der Waals surface area contributed by atoms with E-state index in [2.05, 4.69) is 74.7 Å². The van der Waals surface area contributed by atoms with Gasteiger partial charge in [-0.25, -0.2) is 24.1 Å². The standard InChI is InChI=1S/C46H51FN12O4/c1-28(51-43(61)42-54-44(63-55-42)46(2,3)4)34-11-5-30(23-36(34)47)40-35-24-37(52-41(35)50-27-49-40)31-6-12-38(48-25-31)58-21-19-56(20-22-58)26-29-13-16-57(17-14-29)32-7-9-33(10-8-32)59-18-15-39(60)53-45(59)62/h5-12,23-25,27-29H,13-22,26H2,1-4H3,(H,51,61)(H,49,50,52)(H,53,60,62). The number of piperidine rings is 1. The van der Waals surface area contributed by atoms with Crippen LogP contribution in [-0.2, 0) is 10.2 Å². The zero-order valence-corrected chi connectivity index (χ0v) is 35.9. The summed E-state index contributed by atoms with van der Waals surface area (Å²) in [6, 6.07) is 18.0. The second kappa shape index (κ2) is 17.2. The second-order valence-electron chi connectivity index (χ2n) is 17.7. The summed E-state index contributed by atoms with van der Waals surface area (Å²) in [5.74, 6) is 0.561. The fraction of sp³-hybridized carbons (Fsp3) is 0.391. The number of aromatic amines is 1. The van der Waals surface area contributed by atoms with Gasteiger partial charge in [0.25, 0.3) is 11.7 Å². The van der Waals surface area contributed by atoms with Crippen molar-refractivity contribution >= 4 is 46.1 Å². The third-order valence-electron chi connectivity index (χ3n) is 12.3. The number of imide groups is 1. The van der Waals surface area contributed by atoms with E-state index in [1.807, 2.05) is 45.2 Å². The fourth-order valence-corrected chi connectivity index (χ4v) is 8.60. The molecule has 4 amide bonds. The first-order chi connectivity index (χ1) is 30.4. The molecule has 4 aromatic heterocycles. The van der Waals surface area contributed by atoms with Crippen molar-refractivity contribution in [2.45, 2.75) is 58.4 Å². The van der Waals surface area contributed by atoms with E-state index in [0.29, 0.717) is 47.2 Å². The highest BCUT2D eigenvalue weighted by atomic mass is 19.1. The molecule has 16 nitrogen and oxygen atoms in total. The maximum absolute atomic E-state index is 15.6. The molecule has 0 aliphatic carbocycles. The zero-order chi connectivity index (χ0) is 43.8. The van der Waals surface area contributed by atoms with Gasteiger partial charge in [-0.3, -0.25) is 24.7 Å². The Kier molecular flexibility index (Phi) is 11.4. The maximum Gasteiger partial charge on any atom is 0.328 e. The number of fused-ring (bicyclic) bond motifs is 1. The van der Waals surface area contributed by atoms with Gasteiger partial charge < -0.3 is 24.6 Å². The van der Waals surface area contributed by atoms with Gasteiger partial charge >= 0.3 is 6.03 Å². The van der Waals surface area contributed by atoms with E-state index in [4.69, 9.17) is 9.51 Å². The average Bonchev–Trinajstić information content (AvgIpc) is 3.97. The van der Waals surface area contributed by atoms with Gasteiger partial charge in [0.2, 0.25) is 11.8 Å². The number of nitrogens with one attached hydrogen (secondary N) is 3. The molecule has 0 bridgehead atoms. The van der Waals surface area contributed by atoms with Crippen LogP contribution in [0.2, 0.25) is 0 Å². The molecule has 6 aromatic rings. The van der Waals surface area contributed by atoms with E-state index in [1.54, 1.807) is 24.0 Å². The van der Waals surface area contributed by atoms with Crippen LogP contribution in [0, 0.1) is 11.7 Å². The molecule has 7 heterocycles. The van der Waals surface area contributed by atoms with Gasteiger partial charge in [0.1, 0.15) is 23.6 Å². The highest BCUT2D eigenvalue weighted by molar-refractivity contribution is 6.05. The minimum absolute atomic E-state index is 0.103. The number of hydrogen-bond donors (Lipinski definition) is 3. The van der Waals surface area contributed by atoms with Crippen LogP contribution in [0.4, 0.5) is 26.4 Å². The van der Waals surface area contributed by atoms with Gasteiger partial charge in [0.15, 0.2) is 0 Å². The predicted octanol–water partition coefficient (Wildman–Crippen LogP) is 6.48. The summed E-state index contributed by atoms with van der Waals surface area (Å²) in [6.45, 7) is 14.7. The number of anilines is 3. The molecule has 63 heavy (non-hydrogen) atoms. The average molecular weight is 855 g/mol. The van der Waals surface area contributed by atoms with Crippen molar-refractivity contribution in [3.05, 3.63) is 96.3 Å². The number of carbonyl (C=O) groups excluding carboxylic acids is 3. The highest BCUT2D eigenvalue weighted by Gasteiger charge is 2.28. The summed E-state index contributed by atoms with van der Waals surface area (Å²) >= 11 is 0. The Labute approximate surface area is 364 Å². The second-order valence-corrected chi connectivity index (χ2v) is 17.7. The summed E-state index contributed by atoms with van der Waals surface area (Å²) in [5, 5.41) is 9.70. The summed E-state index contributed by atoms with van der Waals surface area (Å²) < 4.78 is 20.9. The normalized spacial score (nSPS) is 17.3. The van der Waals surface area contributed by atoms with E-state index in [9.17, 15) is 14.4 Å². The van der Waals surface area contributed by atoms with Gasteiger partial charge in [-0.1, -0.05) is 38.1 Å². The van der Waals surface area contributed by atoms with Gasteiger partial charge in [0.05, 0.1) is 11.7 Å². The lowest BCUT2D eigenvalue weighted by Gasteiger charge is -2.39. The van der Waals surface area contributed by atoms with Crippen LogP contribution in [-0.4, -0.2) is 105 Å². The molecule has 0 radical (unpaired) electrons. The summed E-state index contributed by atoms with van der Waals surface area (Å²) in [7, 11) is 0. The largest absolute Gasteiger partial charge is 0.372 e. The van der Waals surface area contributed by atoms with Crippen LogP contribution in [0.15, 0.2) is 77.7 Å². The summed E-state index contributed by atoms with van der Waals surface area (Å²) in [4.78, 5) is 67.0. The Morgan fingerprint density at radius 2 is 1.63 bits per heavy atom. The summed E-state index contributed by atoms with van der Waals surface area (Å²) in [6.07, 6.45) is 5.91. The van der Waals surface area contributed by atoms with Crippen molar-refractivity contribution < 1.29 is 23.3 Å². The quantitative estimate of drug-likeness (QED) is 0.137. The third-order valence-corrected chi connectivity index (χ3v) is 12.3. The van der Waals surface area contributed by atoms with Crippen LogP contribution in [0.1, 0.15) is 75.1 Å². The highest BCUT2D eigenvalue weighted by Crippen LogP contribution is 2.33. The Hall–Kier alpha value is -6.75. The molecule has 326 valence electrons. The number of H-pyrrole nitrogens is 1. The molecular formula is C46H51FN12O4. The maximum atomic E-state index is 15.6. The van der Waals surface area contributed by atoms with Crippen molar-refractivity contribution in [3.8, 4) is 22.5 Å². The van der Waals surface area contributed by atoms with E-state index < -0.39 is 23.2 Å². The molecule has 0 spiro atoms. The molecule has 3 aliphatic rings. The van der Waals surface area contributed by atoms with Crippen LogP contribution >= 0.6 is 0 Å². The first-order valence-corrected chi connectivity index (χ1v) is 21.5. The molecule has 0 saturated carbocycles. The lowest BCUT2D eigenvalue weighted by atomic mass is 9.95. The topological polar surface area (TPSA) is 182 Å². The predicted molar refractivity (Wildman–Crippen MR) is 237 cm³/mol. The number of hydrogen-bond acceptors (Lipinski definition) is 12. The van der Waals surface area contributed by atoms with Crippen LogP contribution in [0.5, 0.6) is 0 Å². The molecule has 1 unspecified atom stereocenters. The number of carbonyl (C=O) groups is 3. The molecular weight excluding hydrogens is 804 g/mol. The van der Waals surface area contributed by atoms with Crippen molar-refractivity contribution in [3.63, 3.8) is 0 Å². The van der Waals surface area contributed by atoms with E-state index in [-0.39, 0.29) is 17.8 Å². The molecule has 1 atom stereocenters. The number of halogens is 1. The summed E-state index contributed by atoms with van der Waals surface area (Å²) in [5.41, 5.74) is 5.37. The lowest BCUT2D eigenvalue weighted by molar-refractivity contribution is -0.120. The van der Waals surface area contributed by atoms with Gasteiger partial charge in [-0.2, -0.15) is 4.98 Å². The zero-order valence-electron chi connectivity index (χ0n) is 35.9. The number of piperazine rings is 1. The Balaban J connectivity index is 0.768. The SMILES string of the molecule is CC(NC(=O)c1noc(C(C)(C)C)n1)c1ccc(-c2ncnc3[nH]c(-c4ccc(N5CCN(CC6CCN(c7ccc(N8CCC(=O)NC8=O)cc7)CC6)CC5)nc4)cc23)cc1F. The van der Waals surface area contributed by atoms with Gasteiger partial charge in [0, 0.05) is 110 Å². The van der Waals surface area contributed by atoms with Crippen molar-refractivity contribution in [1.29, 1.82) is 0 Å². The van der Waals surface area contributed by atoms with Crippen molar-refractivity contribution in [2.24, 2.45) is 5.92 Å². The number of urea groups is 1. The number of nitrogens with zero attached hydrogens (tertiary/aromatic N) is 9. The molecule has 2 aromatic carbocycles. The molecule has 3 fully saturated rings. The lowest BCUT2D eigenvalue weighted by Crippen LogP contribution is -2.49. The molecule has 17 heteroatoms. The van der Waals surface area contributed by atoms with Crippen molar-refractivity contribution in [2.75, 3.05) is 67.1 Å². The van der Waals surface area contributed by atoms with Gasteiger partial charge in [-0.05, 0) is 74.2 Å². The van der Waals surface area contributed by atoms with Crippen LogP contribution < -0.4 is 25.3 Å². The Morgan fingerprint density at radius 1 is 0.889 bits per heavy atom. The van der Waals surface area contributed by atoms with E-state index >= 15 is 4.39 Å². The number of pyridine rings is 1. The fourth-order valence-electron chi connectivity index (χ4n) is 8.60. The number of aromatic nitrogens is 6. The van der Waals surface area contributed by atoms with E-state index in [0.717, 1.165) is 92.5 Å². The first-order valence-electron chi connectivity index (χ1n) is 21.5. The number of benzene rings is 2.